The lowest BCUT2D eigenvalue weighted by atomic mass is 10.1. The summed E-state index contributed by atoms with van der Waals surface area (Å²) >= 11 is 0. The highest BCUT2D eigenvalue weighted by molar-refractivity contribution is 5.86. The van der Waals surface area contributed by atoms with Crippen LogP contribution in [0.4, 0.5) is 16.2 Å². The van der Waals surface area contributed by atoms with Gasteiger partial charge in [0.05, 0.1) is 4.92 Å². The van der Waals surface area contributed by atoms with Gasteiger partial charge in [-0.25, -0.2) is 4.79 Å². The summed E-state index contributed by atoms with van der Waals surface area (Å²) in [6, 6.07) is 4.22. The molecule has 1 aromatic carbocycles. The zero-order valence-corrected chi connectivity index (χ0v) is 14.0. The predicted octanol–water partition coefficient (Wildman–Crippen LogP) is 2.46. The van der Waals surface area contributed by atoms with E-state index in [1.165, 1.54) is 12.1 Å². The van der Waals surface area contributed by atoms with Crippen LogP contribution in [0.2, 0.25) is 0 Å². The van der Waals surface area contributed by atoms with E-state index in [1.54, 1.807) is 11.0 Å². The van der Waals surface area contributed by atoms with Gasteiger partial charge in [0.1, 0.15) is 5.60 Å². The minimum Gasteiger partial charge on any atom is -0.444 e. The second-order valence-electron chi connectivity index (χ2n) is 6.57. The summed E-state index contributed by atoms with van der Waals surface area (Å²) in [6.45, 7) is 7.42. The molecular formula is C16H21N3O5. The van der Waals surface area contributed by atoms with E-state index < -0.39 is 10.5 Å². The van der Waals surface area contributed by atoms with Crippen LogP contribution in [0, 0.1) is 10.1 Å². The van der Waals surface area contributed by atoms with Gasteiger partial charge < -0.3 is 14.5 Å². The van der Waals surface area contributed by atoms with Crippen molar-refractivity contribution in [3.8, 4) is 0 Å². The van der Waals surface area contributed by atoms with E-state index in [1.807, 2.05) is 25.7 Å². The van der Waals surface area contributed by atoms with Crippen molar-refractivity contribution in [1.29, 1.82) is 0 Å². The Balaban J connectivity index is 2.06. The van der Waals surface area contributed by atoms with E-state index >= 15 is 0 Å². The van der Waals surface area contributed by atoms with Gasteiger partial charge in [-0.3, -0.25) is 14.9 Å². The molecule has 0 atom stereocenters. The molecule has 1 saturated heterocycles. The van der Waals surface area contributed by atoms with Crippen LogP contribution in [0.1, 0.15) is 31.1 Å². The lowest BCUT2D eigenvalue weighted by Gasteiger charge is -2.37. The van der Waals surface area contributed by atoms with Crippen LogP contribution in [-0.4, -0.2) is 54.0 Å². The zero-order chi connectivity index (χ0) is 17.9. The number of nitro groups is 1. The molecule has 0 unspecified atom stereocenters. The van der Waals surface area contributed by atoms with Crippen molar-refractivity contribution in [3.63, 3.8) is 0 Å². The second kappa shape index (κ2) is 6.86. The summed E-state index contributed by atoms with van der Waals surface area (Å²) < 4.78 is 5.34. The lowest BCUT2D eigenvalue weighted by molar-refractivity contribution is -0.384. The van der Waals surface area contributed by atoms with Crippen LogP contribution in [0.3, 0.4) is 0 Å². The smallest absolute Gasteiger partial charge is 0.410 e. The van der Waals surface area contributed by atoms with Gasteiger partial charge in [0.25, 0.3) is 5.69 Å². The van der Waals surface area contributed by atoms with Gasteiger partial charge in [-0.05, 0) is 26.8 Å². The molecule has 2 rings (SSSR count). The third kappa shape index (κ3) is 4.21. The summed E-state index contributed by atoms with van der Waals surface area (Å²) in [5, 5.41) is 10.8. The number of hydrogen-bond donors (Lipinski definition) is 0. The Morgan fingerprint density at radius 3 is 2.38 bits per heavy atom. The molecule has 0 saturated carbocycles. The monoisotopic (exact) mass is 335 g/mol. The molecule has 130 valence electrons. The average Bonchev–Trinajstić information content (AvgIpc) is 2.52. The second-order valence-corrected chi connectivity index (χ2v) is 6.57. The minimum absolute atomic E-state index is 0.117. The van der Waals surface area contributed by atoms with Crippen LogP contribution in [-0.2, 0) is 4.74 Å². The maximum absolute atomic E-state index is 12.1. The fourth-order valence-corrected chi connectivity index (χ4v) is 2.49. The summed E-state index contributed by atoms with van der Waals surface area (Å²) in [4.78, 5) is 37.1. The highest BCUT2D eigenvalue weighted by atomic mass is 16.6. The fourth-order valence-electron chi connectivity index (χ4n) is 2.49. The number of aldehydes is 1. The van der Waals surface area contributed by atoms with E-state index in [9.17, 15) is 19.7 Å². The zero-order valence-electron chi connectivity index (χ0n) is 14.0. The van der Waals surface area contributed by atoms with Gasteiger partial charge >= 0.3 is 6.09 Å². The SMILES string of the molecule is CC(C)(C)OC(=O)N1CCN(c2ccc([N+](=O)[O-])cc2C=O)CC1. The first-order valence-corrected chi connectivity index (χ1v) is 7.68. The van der Waals surface area contributed by atoms with Crippen LogP contribution >= 0.6 is 0 Å². The van der Waals surface area contributed by atoms with Crippen LogP contribution in [0.25, 0.3) is 0 Å². The molecule has 0 radical (unpaired) electrons. The molecule has 8 heteroatoms. The van der Waals surface area contributed by atoms with Crippen LogP contribution in [0.15, 0.2) is 18.2 Å². The number of non-ortho nitro benzene ring substituents is 1. The lowest BCUT2D eigenvalue weighted by Crippen LogP contribution is -2.50. The Morgan fingerprint density at radius 1 is 1.25 bits per heavy atom. The molecular weight excluding hydrogens is 314 g/mol. The number of rotatable bonds is 3. The summed E-state index contributed by atoms with van der Waals surface area (Å²) in [5.74, 6) is 0. The summed E-state index contributed by atoms with van der Waals surface area (Å²) in [7, 11) is 0. The molecule has 8 nitrogen and oxygen atoms in total. The van der Waals surface area contributed by atoms with Crippen molar-refractivity contribution in [1.82, 2.24) is 4.90 Å². The Bertz CT molecular complexity index is 646. The number of hydrogen-bond acceptors (Lipinski definition) is 6. The first kappa shape index (κ1) is 17.7. The topological polar surface area (TPSA) is 93.0 Å². The number of benzene rings is 1. The highest BCUT2D eigenvalue weighted by Gasteiger charge is 2.27. The number of nitrogens with zero attached hydrogens (tertiary/aromatic N) is 3. The van der Waals surface area contributed by atoms with E-state index in [-0.39, 0.29) is 17.3 Å². The van der Waals surface area contributed by atoms with Crippen molar-refractivity contribution in [2.24, 2.45) is 0 Å². The number of carbonyl (C=O) groups excluding carboxylic acids is 2. The number of ether oxygens (including phenoxy) is 1. The molecule has 0 N–H and O–H groups in total. The van der Waals surface area contributed by atoms with Gasteiger partial charge in [0.15, 0.2) is 6.29 Å². The van der Waals surface area contributed by atoms with Crippen LogP contribution < -0.4 is 4.90 Å². The van der Waals surface area contributed by atoms with Crippen LogP contribution in [0.5, 0.6) is 0 Å². The number of carbonyl (C=O) groups is 2. The van der Waals surface area contributed by atoms with Crippen molar-refractivity contribution in [2.75, 3.05) is 31.1 Å². The molecule has 1 amide bonds. The average molecular weight is 335 g/mol. The van der Waals surface area contributed by atoms with Crippen molar-refractivity contribution < 1.29 is 19.2 Å². The number of amides is 1. The fraction of sp³-hybridized carbons (Fsp3) is 0.500. The minimum atomic E-state index is -0.544. The van der Waals surface area contributed by atoms with Gasteiger partial charge in [-0.1, -0.05) is 0 Å². The van der Waals surface area contributed by atoms with E-state index in [2.05, 4.69) is 0 Å². The van der Waals surface area contributed by atoms with E-state index in [0.717, 1.165) is 0 Å². The largest absolute Gasteiger partial charge is 0.444 e. The third-order valence-corrected chi connectivity index (χ3v) is 3.62. The molecule has 0 bridgehead atoms. The summed E-state index contributed by atoms with van der Waals surface area (Å²) in [6.07, 6.45) is 0.254. The first-order chi connectivity index (χ1) is 11.2. The number of anilines is 1. The molecule has 1 aliphatic heterocycles. The summed E-state index contributed by atoms with van der Waals surface area (Å²) in [5.41, 5.74) is 0.250. The number of piperazine rings is 1. The Kier molecular flexibility index (Phi) is 5.06. The third-order valence-electron chi connectivity index (χ3n) is 3.62. The van der Waals surface area contributed by atoms with E-state index in [0.29, 0.717) is 38.2 Å². The standard InChI is InChI=1S/C16H21N3O5/c1-16(2,3)24-15(21)18-8-6-17(7-9-18)14-5-4-13(19(22)23)10-12(14)11-20/h4-5,10-11H,6-9H2,1-3H3. The first-order valence-electron chi connectivity index (χ1n) is 7.68. The Morgan fingerprint density at radius 2 is 1.88 bits per heavy atom. The van der Waals surface area contributed by atoms with Gasteiger partial charge in [0.2, 0.25) is 0 Å². The quantitative estimate of drug-likeness (QED) is 0.478. The molecule has 1 aliphatic rings. The van der Waals surface area contributed by atoms with Crippen molar-refractivity contribution >= 4 is 23.8 Å². The van der Waals surface area contributed by atoms with Crippen molar-refractivity contribution in [2.45, 2.75) is 26.4 Å². The molecule has 24 heavy (non-hydrogen) atoms. The molecule has 0 aromatic heterocycles. The van der Waals surface area contributed by atoms with Gasteiger partial charge in [-0.15, -0.1) is 0 Å². The van der Waals surface area contributed by atoms with Gasteiger partial charge in [-0.2, -0.15) is 0 Å². The van der Waals surface area contributed by atoms with Gasteiger partial charge in [0, 0.05) is 49.6 Å². The van der Waals surface area contributed by atoms with E-state index in [4.69, 9.17) is 4.74 Å². The molecule has 1 heterocycles. The normalized spacial score (nSPS) is 15.1. The predicted molar refractivity (Wildman–Crippen MR) is 88.5 cm³/mol. The van der Waals surface area contributed by atoms with Crippen molar-refractivity contribution in [3.05, 3.63) is 33.9 Å². The molecule has 1 aromatic rings. The number of nitro benzene ring substituents is 1. The molecule has 1 fully saturated rings. The maximum Gasteiger partial charge on any atom is 0.410 e. The molecule has 0 spiro atoms. The Labute approximate surface area is 140 Å². The maximum atomic E-state index is 12.1. The highest BCUT2D eigenvalue weighted by Crippen LogP contribution is 2.25. The Hall–Kier alpha value is -2.64. The molecule has 0 aliphatic carbocycles.